The molecule has 0 radical (unpaired) electrons. The number of amides is 1. The molecule has 0 rings (SSSR count). The van der Waals surface area contributed by atoms with Gasteiger partial charge in [-0.15, -0.1) is 0 Å². The molecule has 1 unspecified atom stereocenters. The van der Waals surface area contributed by atoms with Crippen LogP contribution in [0, 0.1) is 5.92 Å². The number of ketones is 1. The number of esters is 1. The van der Waals surface area contributed by atoms with E-state index in [1.165, 1.54) is 6.92 Å². The van der Waals surface area contributed by atoms with Crippen LogP contribution in [0.5, 0.6) is 0 Å². The van der Waals surface area contributed by atoms with Crippen molar-refractivity contribution in [2.45, 2.75) is 33.7 Å². The average Bonchev–Trinajstić information content (AvgIpc) is 2.16. The quantitative estimate of drug-likeness (QED) is 0.528. The molecule has 0 spiro atoms. The molecule has 0 fully saturated rings. The van der Waals surface area contributed by atoms with Gasteiger partial charge >= 0.3 is 5.97 Å². The molecule has 86 valence electrons. The van der Waals surface area contributed by atoms with E-state index in [9.17, 15) is 14.4 Å². The minimum Gasteiger partial charge on any atom is -0.460 e. The summed E-state index contributed by atoms with van der Waals surface area (Å²) in [6.07, 6.45) is 0. The number of hydrogen-bond acceptors (Lipinski definition) is 4. The van der Waals surface area contributed by atoms with Crippen molar-refractivity contribution in [3.05, 3.63) is 0 Å². The van der Waals surface area contributed by atoms with Crippen LogP contribution in [-0.2, 0) is 19.1 Å². The molecule has 0 aromatic carbocycles. The molecule has 0 aliphatic carbocycles. The topological polar surface area (TPSA) is 72.5 Å². The number of Topliss-reactive ketones (excluding diaryl/α,β-unsaturated/α-hetero) is 1. The Bertz CT molecular complexity index is 260. The largest absolute Gasteiger partial charge is 0.460 e. The van der Waals surface area contributed by atoms with Gasteiger partial charge in [0.25, 0.3) is 5.78 Å². The second-order valence-corrected chi connectivity index (χ2v) is 3.47. The number of rotatable bonds is 5. The van der Waals surface area contributed by atoms with Gasteiger partial charge in [0, 0.05) is 5.92 Å². The van der Waals surface area contributed by atoms with Gasteiger partial charge in [-0.3, -0.25) is 9.59 Å². The summed E-state index contributed by atoms with van der Waals surface area (Å²) in [6.45, 7) is 6.63. The normalized spacial score (nSPS) is 12.1. The molecule has 0 aromatic rings. The molecule has 5 heteroatoms. The maximum absolute atomic E-state index is 11.3. The van der Waals surface area contributed by atoms with Gasteiger partial charge in [-0.05, 0) is 13.8 Å². The van der Waals surface area contributed by atoms with Gasteiger partial charge in [-0.1, -0.05) is 13.8 Å². The Balaban J connectivity index is 4.21. The van der Waals surface area contributed by atoms with Crippen molar-refractivity contribution in [3.63, 3.8) is 0 Å². The third kappa shape index (κ3) is 4.58. The molecule has 0 aliphatic heterocycles. The smallest absolute Gasteiger partial charge is 0.376 e. The van der Waals surface area contributed by atoms with Crippen molar-refractivity contribution in [1.82, 2.24) is 5.32 Å². The van der Waals surface area contributed by atoms with Gasteiger partial charge in [0.05, 0.1) is 12.6 Å². The third-order valence-electron chi connectivity index (χ3n) is 1.75. The van der Waals surface area contributed by atoms with Crippen molar-refractivity contribution >= 4 is 17.7 Å². The Kier molecular flexibility index (Phi) is 5.59. The highest BCUT2D eigenvalue weighted by atomic mass is 16.5. The second kappa shape index (κ2) is 6.16. The van der Waals surface area contributed by atoms with Crippen LogP contribution in [0.3, 0.4) is 0 Å². The van der Waals surface area contributed by atoms with E-state index in [0.29, 0.717) is 0 Å². The summed E-state index contributed by atoms with van der Waals surface area (Å²) in [5.74, 6) is -2.12. The fourth-order valence-corrected chi connectivity index (χ4v) is 0.825. The van der Waals surface area contributed by atoms with Crippen LogP contribution in [0.1, 0.15) is 27.7 Å². The SMILES string of the molecule is CCOC(=O)C(=O)C(C)NC(=O)C(C)C. The first kappa shape index (κ1) is 13.6. The first-order chi connectivity index (χ1) is 6.90. The monoisotopic (exact) mass is 215 g/mol. The maximum atomic E-state index is 11.3. The van der Waals surface area contributed by atoms with Gasteiger partial charge in [-0.2, -0.15) is 0 Å². The van der Waals surface area contributed by atoms with Crippen molar-refractivity contribution in [3.8, 4) is 0 Å². The van der Waals surface area contributed by atoms with Gasteiger partial charge in [0.1, 0.15) is 0 Å². The van der Waals surface area contributed by atoms with Gasteiger partial charge < -0.3 is 10.1 Å². The van der Waals surface area contributed by atoms with E-state index in [4.69, 9.17) is 0 Å². The number of nitrogens with one attached hydrogen (secondary N) is 1. The number of hydrogen-bond donors (Lipinski definition) is 1. The van der Waals surface area contributed by atoms with E-state index in [-0.39, 0.29) is 18.4 Å². The third-order valence-corrected chi connectivity index (χ3v) is 1.75. The predicted molar refractivity (Wildman–Crippen MR) is 54.1 cm³/mol. The maximum Gasteiger partial charge on any atom is 0.376 e. The fourth-order valence-electron chi connectivity index (χ4n) is 0.825. The van der Waals surface area contributed by atoms with E-state index in [0.717, 1.165) is 0 Å². The summed E-state index contributed by atoms with van der Waals surface area (Å²) in [5, 5.41) is 2.43. The van der Waals surface area contributed by atoms with Crippen LogP contribution < -0.4 is 5.32 Å². The van der Waals surface area contributed by atoms with Crippen LogP contribution in [0.25, 0.3) is 0 Å². The minimum absolute atomic E-state index is 0.148. The van der Waals surface area contributed by atoms with Crippen molar-refractivity contribution < 1.29 is 19.1 Å². The van der Waals surface area contributed by atoms with Gasteiger partial charge in [-0.25, -0.2) is 4.79 Å². The lowest BCUT2D eigenvalue weighted by atomic mass is 10.1. The highest BCUT2D eigenvalue weighted by Crippen LogP contribution is 1.95. The molecule has 0 saturated heterocycles. The molecule has 1 atom stereocenters. The summed E-state index contributed by atoms with van der Waals surface area (Å²) in [4.78, 5) is 33.5. The fraction of sp³-hybridized carbons (Fsp3) is 0.700. The molecule has 15 heavy (non-hydrogen) atoms. The summed E-state index contributed by atoms with van der Waals surface area (Å²) < 4.78 is 4.53. The van der Waals surface area contributed by atoms with Crippen LogP contribution in [0.2, 0.25) is 0 Å². The highest BCUT2D eigenvalue weighted by molar-refractivity contribution is 6.35. The number of ether oxygens (including phenoxy) is 1. The van der Waals surface area contributed by atoms with E-state index in [1.807, 2.05) is 0 Å². The van der Waals surface area contributed by atoms with Gasteiger partial charge in [0.15, 0.2) is 0 Å². The molecule has 0 aliphatic rings. The Morgan fingerprint density at radius 2 is 1.73 bits per heavy atom. The van der Waals surface area contributed by atoms with E-state index >= 15 is 0 Å². The molecule has 0 aromatic heterocycles. The van der Waals surface area contributed by atoms with E-state index in [2.05, 4.69) is 10.1 Å². The molecular formula is C10H17NO4. The van der Waals surface area contributed by atoms with Crippen LogP contribution in [0.4, 0.5) is 0 Å². The zero-order valence-corrected chi connectivity index (χ0v) is 9.49. The van der Waals surface area contributed by atoms with Crippen molar-refractivity contribution in [2.24, 2.45) is 5.92 Å². The summed E-state index contributed by atoms with van der Waals surface area (Å²) >= 11 is 0. The number of carbonyl (C=O) groups is 3. The first-order valence-electron chi connectivity index (χ1n) is 4.91. The summed E-state index contributed by atoms with van der Waals surface area (Å²) in [7, 11) is 0. The van der Waals surface area contributed by atoms with Crippen molar-refractivity contribution in [1.29, 1.82) is 0 Å². The standard InChI is InChI=1S/C10H17NO4/c1-5-15-10(14)8(12)7(4)11-9(13)6(2)3/h6-7H,5H2,1-4H3,(H,11,13). The Hall–Kier alpha value is -1.39. The van der Waals surface area contributed by atoms with Crippen molar-refractivity contribution in [2.75, 3.05) is 6.61 Å². The lowest BCUT2D eigenvalue weighted by Crippen LogP contribution is -2.43. The second-order valence-electron chi connectivity index (χ2n) is 3.47. The molecule has 0 heterocycles. The molecule has 0 saturated carbocycles. The zero-order chi connectivity index (χ0) is 12.0. The minimum atomic E-state index is -0.908. The van der Waals surface area contributed by atoms with Gasteiger partial charge in [0.2, 0.25) is 5.91 Å². The average molecular weight is 215 g/mol. The highest BCUT2D eigenvalue weighted by Gasteiger charge is 2.24. The zero-order valence-electron chi connectivity index (χ0n) is 9.49. The molecule has 1 N–H and O–H groups in total. The van der Waals surface area contributed by atoms with Crippen LogP contribution >= 0.6 is 0 Å². The summed E-state index contributed by atoms with van der Waals surface area (Å²) in [6, 6.07) is -0.834. The molecule has 0 bridgehead atoms. The lowest BCUT2D eigenvalue weighted by molar-refractivity contribution is -0.154. The molecule has 1 amide bonds. The lowest BCUT2D eigenvalue weighted by Gasteiger charge is -2.13. The Morgan fingerprint density at radius 1 is 1.20 bits per heavy atom. The Labute approximate surface area is 89.2 Å². The Morgan fingerprint density at radius 3 is 2.13 bits per heavy atom. The molecular weight excluding hydrogens is 198 g/mol. The van der Waals surface area contributed by atoms with E-state index in [1.54, 1.807) is 20.8 Å². The first-order valence-corrected chi connectivity index (χ1v) is 4.91. The molecule has 5 nitrogen and oxygen atoms in total. The van der Waals surface area contributed by atoms with Crippen LogP contribution in [0.15, 0.2) is 0 Å². The predicted octanol–water partition coefficient (Wildman–Crippen LogP) is 0.279. The van der Waals surface area contributed by atoms with Crippen LogP contribution in [-0.4, -0.2) is 30.3 Å². The number of carbonyl (C=O) groups excluding carboxylic acids is 3. The van der Waals surface area contributed by atoms with E-state index < -0.39 is 17.8 Å². The summed E-state index contributed by atoms with van der Waals surface area (Å²) in [5.41, 5.74) is 0.